The third-order valence-electron chi connectivity index (χ3n) is 2.48. The van der Waals surface area contributed by atoms with Gasteiger partial charge in [0.25, 0.3) is 0 Å². The number of halogens is 2. The van der Waals surface area contributed by atoms with Gasteiger partial charge in [0, 0.05) is 18.1 Å². The van der Waals surface area contributed by atoms with Crippen molar-refractivity contribution in [1.29, 1.82) is 0 Å². The van der Waals surface area contributed by atoms with Gasteiger partial charge in [0.05, 0.1) is 17.3 Å². The van der Waals surface area contributed by atoms with Gasteiger partial charge in [0.15, 0.2) is 0 Å². The lowest BCUT2D eigenvalue weighted by molar-refractivity contribution is -0.128. The van der Waals surface area contributed by atoms with Gasteiger partial charge >= 0.3 is 0 Å². The van der Waals surface area contributed by atoms with Crippen molar-refractivity contribution in [3.63, 3.8) is 0 Å². The van der Waals surface area contributed by atoms with Gasteiger partial charge in [-0.1, -0.05) is 23.2 Å². The van der Waals surface area contributed by atoms with E-state index in [0.29, 0.717) is 23.1 Å². The number of amides is 1. The summed E-state index contributed by atoms with van der Waals surface area (Å²) in [6, 6.07) is 5.14. The van der Waals surface area contributed by atoms with Crippen LogP contribution in [0, 0.1) is 0 Å². The maximum atomic E-state index is 11.8. The standard InChI is InChI=1S/C12H16Cl2N2O/c1-3-16(4-2)12(17)8-15-11-6-5-9(13)7-10(11)14/h5-7,15H,3-4,8H2,1-2H3. The molecule has 0 fully saturated rings. The van der Waals surface area contributed by atoms with Crippen molar-refractivity contribution < 1.29 is 4.79 Å². The molecule has 0 heterocycles. The van der Waals surface area contributed by atoms with Gasteiger partial charge in [-0.25, -0.2) is 0 Å². The van der Waals surface area contributed by atoms with Gasteiger partial charge in [-0.05, 0) is 32.0 Å². The molecule has 0 aromatic heterocycles. The van der Waals surface area contributed by atoms with Gasteiger partial charge in [-0.15, -0.1) is 0 Å². The van der Waals surface area contributed by atoms with Crippen LogP contribution in [0.15, 0.2) is 18.2 Å². The molecule has 1 rings (SSSR count). The SMILES string of the molecule is CCN(CC)C(=O)CNc1ccc(Cl)cc1Cl. The highest BCUT2D eigenvalue weighted by molar-refractivity contribution is 6.36. The number of carbonyl (C=O) groups excluding carboxylic acids is 1. The first kappa shape index (κ1) is 14.1. The summed E-state index contributed by atoms with van der Waals surface area (Å²) in [4.78, 5) is 13.5. The molecule has 0 bridgehead atoms. The van der Waals surface area contributed by atoms with E-state index in [-0.39, 0.29) is 12.5 Å². The molecule has 0 saturated heterocycles. The fraction of sp³-hybridized carbons (Fsp3) is 0.417. The fourth-order valence-corrected chi connectivity index (χ4v) is 1.97. The van der Waals surface area contributed by atoms with Gasteiger partial charge in [-0.2, -0.15) is 0 Å². The Morgan fingerprint density at radius 2 is 1.94 bits per heavy atom. The van der Waals surface area contributed by atoms with E-state index >= 15 is 0 Å². The van der Waals surface area contributed by atoms with Crippen LogP contribution in [0.4, 0.5) is 5.69 Å². The van der Waals surface area contributed by atoms with E-state index < -0.39 is 0 Å². The minimum atomic E-state index is 0.0565. The number of carbonyl (C=O) groups is 1. The summed E-state index contributed by atoms with van der Waals surface area (Å²) in [6.07, 6.45) is 0. The molecular weight excluding hydrogens is 259 g/mol. The van der Waals surface area contributed by atoms with Gasteiger partial charge in [0.2, 0.25) is 5.91 Å². The van der Waals surface area contributed by atoms with E-state index in [9.17, 15) is 4.79 Å². The predicted octanol–water partition coefficient (Wildman–Crippen LogP) is 3.27. The zero-order valence-electron chi connectivity index (χ0n) is 9.96. The fourth-order valence-electron chi connectivity index (χ4n) is 1.49. The van der Waals surface area contributed by atoms with Gasteiger partial charge in [0.1, 0.15) is 0 Å². The number of anilines is 1. The molecule has 5 heteroatoms. The molecule has 0 saturated carbocycles. The Kier molecular flexibility index (Phi) is 5.59. The normalized spacial score (nSPS) is 10.1. The number of benzene rings is 1. The molecule has 0 aliphatic rings. The number of rotatable bonds is 5. The van der Waals surface area contributed by atoms with E-state index in [1.54, 1.807) is 23.1 Å². The van der Waals surface area contributed by atoms with Crippen molar-refractivity contribution in [2.75, 3.05) is 25.0 Å². The highest BCUT2D eigenvalue weighted by Crippen LogP contribution is 2.25. The summed E-state index contributed by atoms with van der Waals surface area (Å²) in [5, 5.41) is 4.10. The van der Waals surface area contributed by atoms with Crippen LogP contribution in [0.25, 0.3) is 0 Å². The zero-order valence-corrected chi connectivity index (χ0v) is 11.5. The van der Waals surface area contributed by atoms with Crippen LogP contribution >= 0.6 is 23.2 Å². The van der Waals surface area contributed by atoms with Crippen LogP contribution in [0.5, 0.6) is 0 Å². The summed E-state index contributed by atoms with van der Waals surface area (Å²) in [7, 11) is 0. The molecular formula is C12H16Cl2N2O. The second-order valence-corrected chi connectivity index (χ2v) is 4.39. The molecule has 0 spiro atoms. The molecule has 1 aromatic carbocycles. The maximum absolute atomic E-state index is 11.8. The third kappa shape index (κ3) is 4.10. The highest BCUT2D eigenvalue weighted by atomic mass is 35.5. The predicted molar refractivity (Wildman–Crippen MR) is 72.9 cm³/mol. The van der Waals surface area contributed by atoms with Crippen LogP contribution in [-0.2, 0) is 4.79 Å². The van der Waals surface area contributed by atoms with Gasteiger partial charge < -0.3 is 10.2 Å². The van der Waals surface area contributed by atoms with Crippen LogP contribution in [0.2, 0.25) is 10.0 Å². The Hall–Kier alpha value is -0.930. The molecule has 0 aliphatic carbocycles. The van der Waals surface area contributed by atoms with Crippen molar-refractivity contribution in [2.45, 2.75) is 13.8 Å². The van der Waals surface area contributed by atoms with Crippen LogP contribution < -0.4 is 5.32 Å². The van der Waals surface area contributed by atoms with Gasteiger partial charge in [-0.3, -0.25) is 4.79 Å². The Balaban J connectivity index is 2.58. The maximum Gasteiger partial charge on any atom is 0.241 e. The number of nitrogens with zero attached hydrogens (tertiary/aromatic N) is 1. The lowest BCUT2D eigenvalue weighted by Crippen LogP contribution is -2.35. The van der Waals surface area contributed by atoms with Crippen LogP contribution in [0.3, 0.4) is 0 Å². The third-order valence-corrected chi connectivity index (χ3v) is 3.03. The topological polar surface area (TPSA) is 32.3 Å². The summed E-state index contributed by atoms with van der Waals surface area (Å²) >= 11 is 11.8. The van der Waals surface area contributed by atoms with E-state index in [0.717, 1.165) is 5.69 Å². The lowest BCUT2D eigenvalue weighted by Gasteiger charge is -2.19. The van der Waals surface area contributed by atoms with Crippen LogP contribution in [-0.4, -0.2) is 30.4 Å². The molecule has 3 nitrogen and oxygen atoms in total. The molecule has 1 N–H and O–H groups in total. The van der Waals surface area contributed by atoms with Crippen molar-refractivity contribution in [3.8, 4) is 0 Å². The summed E-state index contributed by atoms with van der Waals surface area (Å²) in [5.41, 5.74) is 0.719. The van der Waals surface area contributed by atoms with Crippen molar-refractivity contribution in [2.24, 2.45) is 0 Å². The number of likely N-dealkylation sites (N-methyl/N-ethyl adjacent to an activating group) is 1. The van der Waals surface area contributed by atoms with Crippen LogP contribution in [0.1, 0.15) is 13.8 Å². The number of hydrogen-bond donors (Lipinski definition) is 1. The van der Waals surface area contributed by atoms with E-state index in [1.807, 2.05) is 13.8 Å². The summed E-state index contributed by atoms with van der Waals surface area (Å²) < 4.78 is 0. The smallest absolute Gasteiger partial charge is 0.241 e. The second kappa shape index (κ2) is 6.72. The molecule has 0 unspecified atom stereocenters. The largest absolute Gasteiger partial charge is 0.375 e. The van der Waals surface area contributed by atoms with E-state index in [1.165, 1.54) is 0 Å². The monoisotopic (exact) mass is 274 g/mol. The summed E-state index contributed by atoms with van der Waals surface area (Å²) in [6.45, 7) is 5.58. The zero-order chi connectivity index (χ0) is 12.8. The minimum absolute atomic E-state index is 0.0565. The Labute approximate surface area is 112 Å². The van der Waals surface area contributed by atoms with E-state index in [2.05, 4.69) is 5.32 Å². The highest BCUT2D eigenvalue weighted by Gasteiger charge is 2.09. The molecule has 0 aliphatic heterocycles. The lowest BCUT2D eigenvalue weighted by atomic mass is 10.3. The second-order valence-electron chi connectivity index (χ2n) is 3.54. The number of hydrogen-bond acceptors (Lipinski definition) is 2. The Morgan fingerprint density at radius 1 is 1.29 bits per heavy atom. The van der Waals surface area contributed by atoms with Crippen molar-refractivity contribution >= 4 is 34.8 Å². The molecule has 94 valence electrons. The van der Waals surface area contributed by atoms with Crippen molar-refractivity contribution in [3.05, 3.63) is 28.2 Å². The number of nitrogens with one attached hydrogen (secondary N) is 1. The molecule has 0 radical (unpaired) electrons. The molecule has 0 atom stereocenters. The Morgan fingerprint density at radius 3 is 2.47 bits per heavy atom. The average Bonchev–Trinajstić information content (AvgIpc) is 2.29. The first-order valence-electron chi connectivity index (χ1n) is 5.55. The first-order chi connectivity index (χ1) is 8.08. The molecule has 1 aromatic rings. The summed E-state index contributed by atoms with van der Waals surface area (Å²) in [5.74, 6) is 0.0565. The molecule has 1 amide bonds. The minimum Gasteiger partial charge on any atom is -0.375 e. The first-order valence-corrected chi connectivity index (χ1v) is 6.30. The van der Waals surface area contributed by atoms with E-state index in [4.69, 9.17) is 23.2 Å². The average molecular weight is 275 g/mol. The van der Waals surface area contributed by atoms with Crippen molar-refractivity contribution in [1.82, 2.24) is 4.90 Å². The molecule has 17 heavy (non-hydrogen) atoms. The Bertz CT molecular complexity index is 392. The quantitative estimate of drug-likeness (QED) is 0.894.